The summed E-state index contributed by atoms with van der Waals surface area (Å²) in [6, 6.07) is 3.58. The van der Waals surface area contributed by atoms with Crippen molar-refractivity contribution in [1.29, 1.82) is 0 Å². The second-order valence-corrected chi connectivity index (χ2v) is 4.37. The number of hydrogen-bond acceptors (Lipinski definition) is 3. The largest absolute Gasteiger partial charge is 0.324 e. The van der Waals surface area contributed by atoms with Crippen molar-refractivity contribution < 1.29 is 8.78 Å². The van der Waals surface area contributed by atoms with Gasteiger partial charge in [-0.1, -0.05) is 0 Å². The fourth-order valence-corrected chi connectivity index (χ4v) is 2.03. The zero-order chi connectivity index (χ0) is 12.7. The van der Waals surface area contributed by atoms with E-state index in [9.17, 15) is 8.78 Å². The molecule has 4 nitrogen and oxygen atoms in total. The molecule has 0 amide bonds. The van der Waals surface area contributed by atoms with Gasteiger partial charge in [0.2, 0.25) is 0 Å². The molecular formula is C12H12F2N4. The smallest absolute Gasteiger partial charge is 0.167 e. The normalized spacial score (nSPS) is 15.1. The maximum atomic E-state index is 13.8. The fraction of sp³-hybridized carbons (Fsp3) is 0.333. The van der Waals surface area contributed by atoms with Crippen molar-refractivity contribution in [2.45, 2.75) is 25.4 Å². The minimum Gasteiger partial charge on any atom is -0.324 e. The number of nitrogens with two attached hydrogens (primary N) is 1. The first-order valence-corrected chi connectivity index (χ1v) is 5.80. The summed E-state index contributed by atoms with van der Waals surface area (Å²) in [5.41, 5.74) is 5.72. The summed E-state index contributed by atoms with van der Waals surface area (Å²) in [7, 11) is 0. The number of benzene rings is 1. The van der Waals surface area contributed by atoms with Crippen molar-refractivity contribution in [3.63, 3.8) is 0 Å². The standard InChI is InChI=1S/C12H12F2N4/c13-7-1-4-10(14)9(5-7)12-17-16-11(6-15)18(12)8-2-3-8/h1,4-5,8H,2-3,6,15H2. The average Bonchev–Trinajstić information content (AvgIpc) is 3.12. The molecule has 1 saturated carbocycles. The topological polar surface area (TPSA) is 56.7 Å². The maximum absolute atomic E-state index is 13.8. The predicted molar refractivity (Wildman–Crippen MR) is 61.5 cm³/mol. The highest BCUT2D eigenvalue weighted by molar-refractivity contribution is 5.56. The predicted octanol–water partition coefficient (Wildman–Crippen LogP) is 2.02. The minimum absolute atomic E-state index is 0.133. The molecule has 1 aliphatic carbocycles. The highest BCUT2D eigenvalue weighted by atomic mass is 19.1. The summed E-state index contributed by atoms with van der Waals surface area (Å²) in [5.74, 6) is -0.0357. The van der Waals surface area contributed by atoms with E-state index in [0.29, 0.717) is 11.6 Å². The monoisotopic (exact) mass is 250 g/mol. The average molecular weight is 250 g/mol. The molecule has 0 spiro atoms. The van der Waals surface area contributed by atoms with E-state index in [-0.39, 0.29) is 18.2 Å². The Morgan fingerprint density at radius 2 is 2.06 bits per heavy atom. The summed E-state index contributed by atoms with van der Waals surface area (Å²) in [4.78, 5) is 0. The van der Waals surface area contributed by atoms with E-state index < -0.39 is 11.6 Å². The van der Waals surface area contributed by atoms with Crippen molar-refractivity contribution in [3.05, 3.63) is 35.7 Å². The molecule has 1 aromatic heterocycles. The van der Waals surface area contributed by atoms with Crippen LogP contribution in [0.5, 0.6) is 0 Å². The van der Waals surface area contributed by atoms with Crippen LogP contribution in [0.25, 0.3) is 11.4 Å². The van der Waals surface area contributed by atoms with Gasteiger partial charge in [0.05, 0.1) is 12.1 Å². The highest BCUT2D eigenvalue weighted by Crippen LogP contribution is 2.39. The van der Waals surface area contributed by atoms with Crippen LogP contribution >= 0.6 is 0 Å². The third-order valence-corrected chi connectivity index (χ3v) is 3.03. The van der Waals surface area contributed by atoms with Crippen LogP contribution in [-0.2, 0) is 6.54 Å². The third-order valence-electron chi connectivity index (χ3n) is 3.03. The molecule has 0 aliphatic heterocycles. The molecule has 0 saturated heterocycles. The molecule has 3 rings (SSSR count). The van der Waals surface area contributed by atoms with Crippen LogP contribution in [0.4, 0.5) is 8.78 Å². The Balaban J connectivity index is 2.16. The van der Waals surface area contributed by atoms with E-state index in [2.05, 4.69) is 10.2 Å². The van der Waals surface area contributed by atoms with E-state index in [1.165, 1.54) is 0 Å². The molecular weight excluding hydrogens is 238 g/mol. The van der Waals surface area contributed by atoms with Gasteiger partial charge in [0, 0.05) is 6.04 Å². The number of halogens is 2. The number of hydrogen-bond donors (Lipinski definition) is 1. The van der Waals surface area contributed by atoms with Crippen LogP contribution in [0.2, 0.25) is 0 Å². The molecule has 1 aliphatic rings. The van der Waals surface area contributed by atoms with Gasteiger partial charge in [-0.2, -0.15) is 0 Å². The third kappa shape index (κ3) is 1.78. The number of rotatable bonds is 3. The molecule has 1 heterocycles. The zero-order valence-electron chi connectivity index (χ0n) is 9.61. The maximum Gasteiger partial charge on any atom is 0.167 e. The van der Waals surface area contributed by atoms with E-state index in [4.69, 9.17) is 5.73 Å². The van der Waals surface area contributed by atoms with E-state index in [0.717, 1.165) is 31.0 Å². The molecule has 0 radical (unpaired) electrons. The lowest BCUT2D eigenvalue weighted by molar-refractivity contribution is 0.599. The second-order valence-electron chi connectivity index (χ2n) is 4.37. The van der Waals surface area contributed by atoms with Crippen LogP contribution in [0.15, 0.2) is 18.2 Å². The fourth-order valence-electron chi connectivity index (χ4n) is 2.03. The Hall–Kier alpha value is -1.82. The Morgan fingerprint density at radius 3 is 2.72 bits per heavy atom. The zero-order valence-corrected chi connectivity index (χ0v) is 9.61. The van der Waals surface area contributed by atoms with Crippen LogP contribution in [0.3, 0.4) is 0 Å². The van der Waals surface area contributed by atoms with Crippen LogP contribution in [0.1, 0.15) is 24.7 Å². The lowest BCUT2D eigenvalue weighted by atomic mass is 10.2. The summed E-state index contributed by atoms with van der Waals surface area (Å²) in [5, 5.41) is 7.89. The molecule has 0 unspecified atom stereocenters. The molecule has 94 valence electrons. The quantitative estimate of drug-likeness (QED) is 0.906. The van der Waals surface area contributed by atoms with Gasteiger partial charge in [0.25, 0.3) is 0 Å². The van der Waals surface area contributed by atoms with Crippen molar-refractivity contribution in [2.75, 3.05) is 0 Å². The Kier molecular flexibility index (Phi) is 2.59. The molecule has 0 bridgehead atoms. The Morgan fingerprint density at radius 1 is 1.28 bits per heavy atom. The van der Waals surface area contributed by atoms with Gasteiger partial charge in [0.15, 0.2) is 5.82 Å². The number of nitrogens with zero attached hydrogens (tertiary/aromatic N) is 3. The Labute approximate surface area is 102 Å². The summed E-state index contributed by atoms with van der Waals surface area (Å²) >= 11 is 0. The molecule has 18 heavy (non-hydrogen) atoms. The molecule has 2 N–H and O–H groups in total. The van der Waals surface area contributed by atoms with Crippen molar-refractivity contribution in [1.82, 2.24) is 14.8 Å². The van der Waals surface area contributed by atoms with Gasteiger partial charge in [0.1, 0.15) is 17.5 Å². The van der Waals surface area contributed by atoms with Gasteiger partial charge in [-0.25, -0.2) is 8.78 Å². The van der Waals surface area contributed by atoms with Crippen molar-refractivity contribution in [2.24, 2.45) is 5.73 Å². The molecule has 0 atom stereocenters. The van der Waals surface area contributed by atoms with Crippen molar-refractivity contribution in [3.8, 4) is 11.4 Å². The van der Waals surface area contributed by atoms with Crippen LogP contribution in [0, 0.1) is 11.6 Å². The van der Waals surface area contributed by atoms with Gasteiger partial charge < -0.3 is 10.3 Å². The van der Waals surface area contributed by atoms with Crippen molar-refractivity contribution >= 4 is 0 Å². The first-order chi connectivity index (χ1) is 8.70. The highest BCUT2D eigenvalue weighted by Gasteiger charge is 2.30. The molecule has 2 aromatic rings. The van der Waals surface area contributed by atoms with Gasteiger partial charge in [-0.15, -0.1) is 10.2 Å². The first kappa shape index (κ1) is 11.3. The summed E-state index contributed by atoms with van der Waals surface area (Å²) in [6.45, 7) is 0.237. The minimum atomic E-state index is -0.505. The van der Waals surface area contributed by atoms with E-state index in [1.807, 2.05) is 4.57 Å². The number of aromatic nitrogens is 3. The van der Waals surface area contributed by atoms with Crippen LogP contribution in [-0.4, -0.2) is 14.8 Å². The van der Waals surface area contributed by atoms with Gasteiger partial charge in [-0.3, -0.25) is 0 Å². The van der Waals surface area contributed by atoms with Gasteiger partial charge in [-0.05, 0) is 31.0 Å². The second kappa shape index (κ2) is 4.13. The van der Waals surface area contributed by atoms with Gasteiger partial charge >= 0.3 is 0 Å². The molecule has 1 fully saturated rings. The molecule has 1 aromatic carbocycles. The first-order valence-electron chi connectivity index (χ1n) is 5.80. The lowest BCUT2D eigenvalue weighted by Crippen LogP contribution is -2.08. The van der Waals surface area contributed by atoms with E-state index >= 15 is 0 Å². The van der Waals surface area contributed by atoms with E-state index in [1.54, 1.807) is 0 Å². The summed E-state index contributed by atoms with van der Waals surface area (Å²) < 4.78 is 28.8. The summed E-state index contributed by atoms with van der Waals surface area (Å²) in [6.07, 6.45) is 1.99. The lowest BCUT2D eigenvalue weighted by Gasteiger charge is -2.08. The van der Waals surface area contributed by atoms with Crippen LogP contribution < -0.4 is 5.73 Å². The SMILES string of the molecule is NCc1nnc(-c2cc(F)ccc2F)n1C1CC1. The Bertz CT molecular complexity index is 590. The molecule has 6 heteroatoms.